The molecule has 0 aliphatic carbocycles. The third-order valence-electron chi connectivity index (χ3n) is 5.51. The zero-order valence-electron chi connectivity index (χ0n) is 18.1. The number of halogens is 3. The summed E-state index contributed by atoms with van der Waals surface area (Å²) in [6.07, 6.45) is -0.208. The molecule has 0 atom stereocenters. The van der Waals surface area contributed by atoms with Gasteiger partial charge in [-0.1, -0.05) is 12.1 Å². The van der Waals surface area contributed by atoms with Crippen molar-refractivity contribution in [2.75, 3.05) is 0 Å². The second kappa shape index (κ2) is 8.54. The van der Waals surface area contributed by atoms with E-state index in [4.69, 9.17) is 0 Å². The number of rotatable bonds is 5. The molecule has 0 aliphatic heterocycles. The molecule has 7 nitrogen and oxygen atoms in total. The lowest BCUT2D eigenvalue weighted by Crippen LogP contribution is -2.06. The molecule has 0 aliphatic rings. The number of alkyl halides is 3. The Labute approximate surface area is 202 Å². The maximum absolute atomic E-state index is 13.5. The average Bonchev–Trinajstić information content (AvgIpc) is 3.48. The molecular weight excluding hydrogens is 499 g/mol. The standard InChI is InChI=1S/C23H16F3N5O2S2/c1-31-20(7-9-29-31)19-11-15(23(24,25)26)2-4-18(19)22-17-5-3-16(10-14(17)6-8-27-22)35(32,33)12-21-28-13-30-34-21/h2-11,13H,12H2,1H3. The lowest BCUT2D eigenvalue weighted by atomic mass is 9.95. The second-order valence-corrected chi connectivity index (χ2v) is 10.6. The number of aryl methyl sites for hydroxylation is 1. The van der Waals surface area contributed by atoms with E-state index in [1.165, 1.54) is 41.6 Å². The van der Waals surface area contributed by atoms with Crippen LogP contribution in [0.3, 0.4) is 0 Å². The number of nitrogens with zero attached hydrogens (tertiary/aromatic N) is 5. The van der Waals surface area contributed by atoms with Crippen LogP contribution >= 0.6 is 11.5 Å². The Hall–Kier alpha value is -3.64. The summed E-state index contributed by atoms with van der Waals surface area (Å²) >= 11 is 1.01. The normalized spacial score (nSPS) is 12.3. The minimum atomic E-state index is -4.52. The van der Waals surface area contributed by atoms with E-state index in [1.807, 2.05) is 0 Å². The fraction of sp³-hybridized carbons (Fsp3) is 0.130. The summed E-state index contributed by atoms with van der Waals surface area (Å²) < 4.78 is 71.5. The number of aromatic nitrogens is 5. The molecule has 35 heavy (non-hydrogen) atoms. The van der Waals surface area contributed by atoms with Gasteiger partial charge in [0.2, 0.25) is 0 Å². The summed E-state index contributed by atoms with van der Waals surface area (Å²) in [5.74, 6) is -0.273. The number of fused-ring (bicyclic) bond motifs is 1. The quantitative estimate of drug-likeness (QED) is 0.322. The van der Waals surface area contributed by atoms with Crippen LogP contribution in [0.25, 0.3) is 33.3 Å². The highest BCUT2D eigenvalue weighted by Gasteiger charge is 2.32. The summed E-state index contributed by atoms with van der Waals surface area (Å²) in [6.45, 7) is 0. The number of benzene rings is 2. The van der Waals surface area contributed by atoms with Gasteiger partial charge in [-0.25, -0.2) is 13.4 Å². The van der Waals surface area contributed by atoms with Crippen LogP contribution in [0.2, 0.25) is 0 Å². The van der Waals surface area contributed by atoms with Gasteiger partial charge >= 0.3 is 6.18 Å². The number of sulfone groups is 1. The summed E-state index contributed by atoms with van der Waals surface area (Å²) in [6, 6.07) is 11.4. The molecule has 12 heteroatoms. The zero-order valence-corrected chi connectivity index (χ0v) is 19.7. The molecule has 0 saturated heterocycles. The van der Waals surface area contributed by atoms with E-state index >= 15 is 0 Å². The van der Waals surface area contributed by atoms with Crippen LogP contribution < -0.4 is 0 Å². The SMILES string of the molecule is Cn1nccc1-c1cc(C(F)(F)F)ccc1-c1nccc2cc(S(=O)(=O)Cc3ncns3)ccc12. The second-order valence-electron chi connectivity index (χ2n) is 7.73. The molecule has 5 rings (SSSR count). The van der Waals surface area contributed by atoms with Gasteiger partial charge < -0.3 is 0 Å². The molecule has 3 aromatic heterocycles. The molecule has 0 bridgehead atoms. The predicted octanol–water partition coefficient (Wildman–Crippen LogP) is 5.15. The van der Waals surface area contributed by atoms with Crippen molar-refractivity contribution in [1.29, 1.82) is 0 Å². The van der Waals surface area contributed by atoms with E-state index in [2.05, 4.69) is 19.4 Å². The molecule has 3 heterocycles. The summed E-state index contributed by atoms with van der Waals surface area (Å²) in [5.41, 5.74) is 0.911. The fourth-order valence-electron chi connectivity index (χ4n) is 3.85. The van der Waals surface area contributed by atoms with Crippen LogP contribution in [0.1, 0.15) is 10.6 Å². The first-order valence-electron chi connectivity index (χ1n) is 10.2. The molecule has 0 fully saturated rings. The summed E-state index contributed by atoms with van der Waals surface area (Å²) in [4.78, 5) is 8.49. The molecule has 0 radical (unpaired) electrons. The molecule has 5 aromatic rings. The van der Waals surface area contributed by atoms with Gasteiger partial charge in [-0.05, 0) is 53.3 Å². The molecule has 0 saturated carbocycles. The molecule has 2 aromatic carbocycles. The monoisotopic (exact) mass is 515 g/mol. The smallest absolute Gasteiger partial charge is 0.268 e. The van der Waals surface area contributed by atoms with E-state index in [9.17, 15) is 21.6 Å². The zero-order chi connectivity index (χ0) is 24.8. The minimum Gasteiger partial charge on any atom is -0.268 e. The Bertz CT molecular complexity index is 1650. The van der Waals surface area contributed by atoms with Crippen LogP contribution in [0.5, 0.6) is 0 Å². The Morgan fingerprint density at radius 2 is 1.80 bits per heavy atom. The average molecular weight is 516 g/mol. The first-order chi connectivity index (χ1) is 16.6. The van der Waals surface area contributed by atoms with Crippen LogP contribution in [-0.4, -0.2) is 32.5 Å². The van der Waals surface area contributed by atoms with Crippen molar-refractivity contribution in [3.63, 3.8) is 0 Å². The molecular formula is C23H16F3N5O2S2. The van der Waals surface area contributed by atoms with Gasteiger partial charge in [0.25, 0.3) is 0 Å². The molecule has 0 N–H and O–H groups in total. The third-order valence-corrected chi connectivity index (χ3v) is 7.98. The minimum absolute atomic E-state index is 0.108. The van der Waals surface area contributed by atoms with Gasteiger partial charge in [0.05, 0.1) is 21.8 Å². The highest BCUT2D eigenvalue weighted by Crippen LogP contribution is 2.39. The summed E-state index contributed by atoms with van der Waals surface area (Å²) in [7, 11) is -2.03. The Morgan fingerprint density at radius 3 is 2.49 bits per heavy atom. The topological polar surface area (TPSA) is 90.6 Å². The van der Waals surface area contributed by atoms with Crippen LogP contribution in [0, 0.1) is 0 Å². The van der Waals surface area contributed by atoms with Gasteiger partial charge in [0.1, 0.15) is 17.1 Å². The van der Waals surface area contributed by atoms with Crippen molar-refractivity contribution < 1.29 is 21.6 Å². The van der Waals surface area contributed by atoms with Gasteiger partial charge in [0.15, 0.2) is 9.84 Å². The van der Waals surface area contributed by atoms with Crippen molar-refractivity contribution >= 4 is 32.1 Å². The Balaban J connectivity index is 1.66. The van der Waals surface area contributed by atoms with Crippen molar-refractivity contribution in [2.24, 2.45) is 7.05 Å². The molecule has 178 valence electrons. The van der Waals surface area contributed by atoms with Crippen LogP contribution in [0.15, 0.2) is 72.1 Å². The van der Waals surface area contributed by atoms with E-state index in [0.717, 1.165) is 23.7 Å². The fourth-order valence-corrected chi connectivity index (χ4v) is 5.98. The van der Waals surface area contributed by atoms with E-state index in [-0.39, 0.29) is 10.6 Å². The maximum atomic E-state index is 13.5. The molecule has 0 spiro atoms. The number of pyridine rings is 1. The summed E-state index contributed by atoms with van der Waals surface area (Å²) in [5, 5.41) is 5.66. The van der Waals surface area contributed by atoms with Gasteiger partial charge in [-0.2, -0.15) is 22.6 Å². The lowest BCUT2D eigenvalue weighted by molar-refractivity contribution is -0.137. The first-order valence-corrected chi connectivity index (χ1v) is 12.6. The largest absolute Gasteiger partial charge is 0.416 e. The van der Waals surface area contributed by atoms with Crippen molar-refractivity contribution in [3.05, 3.63) is 77.8 Å². The Kier molecular flexibility index (Phi) is 5.64. The van der Waals surface area contributed by atoms with Crippen molar-refractivity contribution in [1.82, 2.24) is 24.1 Å². The lowest BCUT2D eigenvalue weighted by Gasteiger charge is -2.15. The maximum Gasteiger partial charge on any atom is 0.416 e. The predicted molar refractivity (Wildman–Crippen MR) is 125 cm³/mol. The number of hydrogen-bond acceptors (Lipinski definition) is 7. The van der Waals surface area contributed by atoms with Gasteiger partial charge in [-0.15, -0.1) is 0 Å². The third kappa shape index (κ3) is 4.42. The highest BCUT2D eigenvalue weighted by molar-refractivity contribution is 7.90. The van der Waals surface area contributed by atoms with Gasteiger partial charge in [0, 0.05) is 36.0 Å². The molecule has 0 unspecified atom stereocenters. The van der Waals surface area contributed by atoms with E-state index in [1.54, 1.807) is 25.2 Å². The Morgan fingerprint density at radius 1 is 0.971 bits per heavy atom. The van der Waals surface area contributed by atoms with Gasteiger partial charge in [-0.3, -0.25) is 9.67 Å². The first kappa shape index (κ1) is 23.1. The van der Waals surface area contributed by atoms with Crippen LogP contribution in [-0.2, 0) is 28.8 Å². The van der Waals surface area contributed by atoms with E-state index < -0.39 is 21.6 Å². The van der Waals surface area contributed by atoms with E-state index in [0.29, 0.717) is 38.3 Å². The number of hydrogen-bond donors (Lipinski definition) is 0. The molecule has 0 amide bonds. The van der Waals surface area contributed by atoms with Crippen LogP contribution in [0.4, 0.5) is 13.2 Å². The van der Waals surface area contributed by atoms with Crippen molar-refractivity contribution in [3.8, 4) is 22.5 Å². The highest BCUT2D eigenvalue weighted by atomic mass is 32.2. The van der Waals surface area contributed by atoms with Crippen molar-refractivity contribution in [2.45, 2.75) is 16.8 Å².